The Bertz CT molecular complexity index is 474. The lowest BCUT2D eigenvalue weighted by Crippen LogP contribution is -2.09. The molecule has 0 N–H and O–H groups in total. The SMILES string of the molecule is c1ccc2c3c(ccc2c1)COCC3. The van der Waals surface area contributed by atoms with E-state index >= 15 is 0 Å². The number of rotatable bonds is 0. The molecule has 1 heterocycles. The summed E-state index contributed by atoms with van der Waals surface area (Å²) in [5.41, 5.74) is 2.84. The van der Waals surface area contributed by atoms with Crippen molar-refractivity contribution < 1.29 is 4.74 Å². The van der Waals surface area contributed by atoms with E-state index < -0.39 is 0 Å². The van der Waals surface area contributed by atoms with Crippen LogP contribution in [-0.4, -0.2) is 6.61 Å². The monoisotopic (exact) mass is 184 g/mol. The molecule has 1 aliphatic heterocycles. The van der Waals surface area contributed by atoms with Crippen molar-refractivity contribution in [3.63, 3.8) is 0 Å². The van der Waals surface area contributed by atoms with Crippen LogP contribution < -0.4 is 0 Å². The minimum atomic E-state index is 0.778. The molecule has 0 spiro atoms. The van der Waals surface area contributed by atoms with Crippen molar-refractivity contribution in [1.82, 2.24) is 0 Å². The second-order valence-corrected chi connectivity index (χ2v) is 3.73. The molecule has 0 aromatic heterocycles. The lowest BCUT2D eigenvalue weighted by molar-refractivity contribution is 0.111. The van der Waals surface area contributed by atoms with E-state index in [0.717, 1.165) is 19.6 Å². The molecule has 2 aromatic carbocycles. The molecule has 2 aromatic rings. The molecule has 0 fully saturated rings. The van der Waals surface area contributed by atoms with Crippen molar-refractivity contribution >= 4 is 10.8 Å². The van der Waals surface area contributed by atoms with Gasteiger partial charge in [0, 0.05) is 0 Å². The smallest absolute Gasteiger partial charge is 0.0719 e. The molecule has 0 saturated heterocycles. The van der Waals surface area contributed by atoms with Gasteiger partial charge in [-0.2, -0.15) is 0 Å². The Balaban J connectivity index is 2.34. The van der Waals surface area contributed by atoms with Crippen LogP contribution in [0.25, 0.3) is 10.8 Å². The van der Waals surface area contributed by atoms with Gasteiger partial charge in [0.05, 0.1) is 13.2 Å². The molecule has 1 nitrogen and oxygen atoms in total. The molecule has 0 atom stereocenters. The number of fused-ring (bicyclic) bond motifs is 3. The quantitative estimate of drug-likeness (QED) is 0.611. The van der Waals surface area contributed by atoms with Crippen molar-refractivity contribution in [2.45, 2.75) is 13.0 Å². The third-order valence-electron chi connectivity index (χ3n) is 2.89. The van der Waals surface area contributed by atoms with Crippen LogP contribution in [0.4, 0.5) is 0 Å². The van der Waals surface area contributed by atoms with Gasteiger partial charge in [-0.05, 0) is 28.3 Å². The molecule has 0 radical (unpaired) electrons. The third kappa shape index (κ3) is 1.13. The van der Waals surface area contributed by atoms with Crippen molar-refractivity contribution in [3.05, 3.63) is 47.5 Å². The first-order chi connectivity index (χ1) is 6.95. The van der Waals surface area contributed by atoms with Gasteiger partial charge in [-0.1, -0.05) is 36.4 Å². The number of ether oxygens (including phenoxy) is 1. The fourth-order valence-electron chi connectivity index (χ4n) is 2.17. The van der Waals surface area contributed by atoms with Gasteiger partial charge in [-0.15, -0.1) is 0 Å². The number of hydrogen-bond donors (Lipinski definition) is 0. The molecule has 3 rings (SSSR count). The predicted molar refractivity (Wildman–Crippen MR) is 57.3 cm³/mol. The van der Waals surface area contributed by atoms with Crippen LogP contribution in [0.15, 0.2) is 36.4 Å². The molecular formula is C13H12O. The second kappa shape index (κ2) is 3.10. The summed E-state index contributed by atoms with van der Waals surface area (Å²) in [6.45, 7) is 1.64. The summed E-state index contributed by atoms with van der Waals surface area (Å²) in [5.74, 6) is 0. The highest BCUT2D eigenvalue weighted by atomic mass is 16.5. The number of benzene rings is 2. The van der Waals surface area contributed by atoms with Gasteiger partial charge >= 0.3 is 0 Å². The lowest BCUT2D eigenvalue weighted by atomic mass is 9.96. The topological polar surface area (TPSA) is 9.23 Å². The van der Waals surface area contributed by atoms with E-state index in [1.165, 1.54) is 21.9 Å². The first kappa shape index (κ1) is 8.01. The summed E-state index contributed by atoms with van der Waals surface area (Å²) in [6.07, 6.45) is 1.05. The standard InChI is InChI=1S/C13H12O/c1-2-4-12-10(3-1)5-6-11-9-14-8-7-13(11)12/h1-6H,7-9H2. The van der Waals surface area contributed by atoms with Crippen LogP contribution in [0.2, 0.25) is 0 Å². The van der Waals surface area contributed by atoms with E-state index in [1.807, 2.05) is 0 Å². The maximum atomic E-state index is 5.44. The molecule has 0 unspecified atom stereocenters. The Morgan fingerprint density at radius 1 is 1.00 bits per heavy atom. The molecule has 14 heavy (non-hydrogen) atoms. The van der Waals surface area contributed by atoms with Gasteiger partial charge in [0.2, 0.25) is 0 Å². The average Bonchev–Trinajstić information content (AvgIpc) is 2.29. The van der Waals surface area contributed by atoms with Crippen LogP contribution >= 0.6 is 0 Å². The minimum absolute atomic E-state index is 0.778. The normalized spacial score (nSPS) is 15.4. The van der Waals surface area contributed by atoms with Crippen molar-refractivity contribution in [1.29, 1.82) is 0 Å². The summed E-state index contributed by atoms with van der Waals surface area (Å²) in [4.78, 5) is 0. The summed E-state index contributed by atoms with van der Waals surface area (Å²) in [6, 6.07) is 13.0. The van der Waals surface area contributed by atoms with E-state index in [-0.39, 0.29) is 0 Å². The molecule has 0 aliphatic carbocycles. The zero-order chi connectivity index (χ0) is 9.38. The summed E-state index contributed by atoms with van der Waals surface area (Å²) < 4.78 is 5.44. The van der Waals surface area contributed by atoms with Crippen LogP contribution in [0.5, 0.6) is 0 Å². The first-order valence-electron chi connectivity index (χ1n) is 5.02. The zero-order valence-electron chi connectivity index (χ0n) is 7.99. The highest BCUT2D eigenvalue weighted by Gasteiger charge is 2.11. The zero-order valence-corrected chi connectivity index (χ0v) is 7.99. The van der Waals surface area contributed by atoms with E-state index in [4.69, 9.17) is 4.74 Å². The molecule has 70 valence electrons. The van der Waals surface area contributed by atoms with Gasteiger partial charge in [-0.3, -0.25) is 0 Å². The van der Waals surface area contributed by atoms with Gasteiger partial charge in [-0.25, -0.2) is 0 Å². The molecule has 0 bridgehead atoms. The van der Waals surface area contributed by atoms with Crippen molar-refractivity contribution in [2.24, 2.45) is 0 Å². The maximum Gasteiger partial charge on any atom is 0.0719 e. The Labute approximate surface area is 83.3 Å². The van der Waals surface area contributed by atoms with Crippen molar-refractivity contribution in [3.8, 4) is 0 Å². The predicted octanol–water partition coefficient (Wildman–Crippen LogP) is 2.91. The first-order valence-corrected chi connectivity index (χ1v) is 5.02. The molecular weight excluding hydrogens is 172 g/mol. The van der Waals surface area contributed by atoms with Gasteiger partial charge in [0.15, 0.2) is 0 Å². The highest BCUT2D eigenvalue weighted by molar-refractivity contribution is 5.86. The Kier molecular flexibility index (Phi) is 1.78. The van der Waals surface area contributed by atoms with Crippen LogP contribution in [0.3, 0.4) is 0 Å². The highest BCUT2D eigenvalue weighted by Crippen LogP contribution is 2.25. The van der Waals surface area contributed by atoms with E-state index in [1.54, 1.807) is 0 Å². The van der Waals surface area contributed by atoms with E-state index in [2.05, 4.69) is 36.4 Å². The summed E-state index contributed by atoms with van der Waals surface area (Å²) in [7, 11) is 0. The average molecular weight is 184 g/mol. The number of hydrogen-bond acceptors (Lipinski definition) is 1. The Morgan fingerprint density at radius 3 is 2.93 bits per heavy atom. The Morgan fingerprint density at radius 2 is 1.93 bits per heavy atom. The van der Waals surface area contributed by atoms with Gasteiger partial charge in [0.25, 0.3) is 0 Å². The van der Waals surface area contributed by atoms with Crippen LogP contribution in [-0.2, 0) is 17.8 Å². The fourth-order valence-corrected chi connectivity index (χ4v) is 2.17. The van der Waals surface area contributed by atoms with Gasteiger partial charge < -0.3 is 4.74 Å². The van der Waals surface area contributed by atoms with E-state index in [9.17, 15) is 0 Å². The lowest BCUT2D eigenvalue weighted by Gasteiger charge is -2.18. The molecule has 0 amide bonds. The second-order valence-electron chi connectivity index (χ2n) is 3.73. The summed E-state index contributed by atoms with van der Waals surface area (Å²) >= 11 is 0. The largest absolute Gasteiger partial charge is 0.376 e. The minimum Gasteiger partial charge on any atom is -0.376 e. The molecule has 1 aliphatic rings. The van der Waals surface area contributed by atoms with Gasteiger partial charge in [0.1, 0.15) is 0 Å². The molecule has 0 saturated carbocycles. The van der Waals surface area contributed by atoms with Crippen LogP contribution in [0, 0.1) is 0 Å². The van der Waals surface area contributed by atoms with Crippen molar-refractivity contribution in [2.75, 3.05) is 6.61 Å². The summed E-state index contributed by atoms with van der Waals surface area (Å²) in [5, 5.41) is 2.74. The molecule has 1 heteroatoms. The van der Waals surface area contributed by atoms with Crippen LogP contribution in [0.1, 0.15) is 11.1 Å². The fraction of sp³-hybridized carbons (Fsp3) is 0.231. The maximum absolute atomic E-state index is 5.44. The Hall–Kier alpha value is -1.34. The van der Waals surface area contributed by atoms with E-state index in [0.29, 0.717) is 0 Å². The third-order valence-corrected chi connectivity index (χ3v) is 2.89.